The van der Waals surface area contributed by atoms with Crippen LogP contribution >= 0.6 is 12.4 Å². The van der Waals surface area contributed by atoms with Crippen molar-refractivity contribution in [2.24, 2.45) is 11.1 Å². The van der Waals surface area contributed by atoms with Gasteiger partial charge in [-0.1, -0.05) is 20.8 Å². The van der Waals surface area contributed by atoms with Gasteiger partial charge in [0, 0.05) is 39.3 Å². The Morgan fingerprint density at radius 1 is 1.17 bits per heavy atom. The Kier molecular flexibility index (Phi) is 9.56. The molecule has 9 heteroatoms. The van der Waals surface area contributed by atoms with Crippen molar-refractivity contribution in [2.75, 3.05) is 45.9 Å². The fraction of sp³-hybridized carbons (Fsp3) is 0.933. The minimum atomic E-state index is -4.27. The first-order chi connectivity index (χ1) is 10.5. The third kappa shape index (κ3) is 8.50. The highest BCUT2D eigenvalue weighted by Gasteiger charge is 2.32. The second kappa shape index (κ2) is 9.79. The zero-order valence-corrected chi connectivity index (χ0v) is 15.4. The van der Waals surface area contributed by atoms with E-state index in [9.17, 15) is 18.0 Å². The molecule has 0 bridgehead atoms. The first-order valence-electron chi connectivity index (χ1n) is 7.92. The molecule has 1 saturated heterocycles. The molecule has 0 unspecified atom stereocenters. The van der Waals surface area contributed by atoms with E-state index in [1.165, 1.54) is 0 Å². The van der Waals surface area contributed by atoms with Gasteiger partial charge in [-0.05, 0) is 11.8 Å². The molecule has 24 heavy (non-hydrogen) atoms. The zero-order chi connectivity index (χ0) is 17.7. The van der Waals surface area contributed by atoms with Gasteiger partial charge in [0.2, 0.25) is 5.91 Å². The van der Waals surface area contributed by atoms with E-state index in [1.807, 2.05) is 20.8 Å². The Labute approximate surface area is 148 Å². The van der Waals surface area contributed by atoms with Gasteiger partial charge >= 0.3 is 6.18 Å². The van der Waals surface area contributed by atoms with E-state index in [1.54, 1.807) is 4.90 Å². The summed E-state index contributed by atoms with van der Waals surface area (Å²) in [5.41, 5.74) is 5.72. The van der Waals surface area contributed by atoms with E-state index in [4.69, 9.17) is 5.73 Å². The van der Waals surface area contributed by atoms with Crippen molar-refractivity contribution in [1.29, 1.82) is 0 Å². The number of nitrogens with zero attached hydrogens (tertiary/aromatic N) is 2. The quantitative estimate of drug-likeness (QED) is 0.720. The molecule has 144 valence electrons. The summed E-state index contributed by atoms with van der Waals surface area (Å²) in [7, 11) is 0. The summed E-state index contributed by atoms with van der Waals surface area (Å²) >= 11 is 0. The van der Waals surface area contributed by atoms with E-state index in [2.05, 4.69) is 9.64 Å². The molecule has 1 fully saturated rings. The lowest BCUT2D eigenvalue weighted by atomic mass is 9.86. The number of ether oxygens (including phenoxy) is 1. The van der Waals surface area contributed by atoms with Crippen LogP contribution in [0.3, 0.4) is 0 Å². The van der Waals surface area contributed by atoms with Crippen molar-refractivity contribution in [3.63, 3.8) is 0 Å². The number of hydrogen-bond acceptors (Lipinski definition) is 4. The third-order valence-corrected chi connectivity index (χ3v) is 3.91. The number of amides is 1. The molecule has 0 aromatic heterocycles. The molecule has 0 aromatic carbocycles. The highest BCUT2D eigenvalue weighted by molar-refractivity contribution is 5.85. The molecule has 2 N–H and O–H groups in total. The minimum absolute atomic E-state index is 0. The van der Waals surface area contributed by atoms with Crippen LogP contribution in [0.1, 0.15) is 27.2 Å². The van der Waals surface area contributed by atoms with Crippen LogP contribution in [0, 0.1) is 5.41 Å². The maximum atomic E-state index is 12.3. The zero-order valence-electron chi connectivity index (χ0n) is 14.6. The molecule has 1 heterocycles. The average Bonchev–Trinajstić information content (AvgIpc) is 2.44. The Morgan fingerprint density at radius 3 is 2.17 bits per heavy atom. The van der Waals surface area contributed by atoms with Gasteiger partial charge in [-0.15, -0.1) is 12.4 Å². The number of carbonyl (C=O) groups is 1. The molecule has 5 nitrogen and oxygen atoms in total. The first-order valence-corrected chi connectivity index (χ1v) is 7.92. The van der Waals surface area contributed by atoms with Gasteiger partial charge in [0.1, 0.15) is 6.61 Å². The fourth-order valence-corrected chi connectivity index (χ4v) is 2.34. The first kappa shape index (κ1) is 23.4. The van der Waals surface area contributed by atoms with Crippen LogP contribution in [0.25, 0.3) is 0 Å². The molecule has 0 radical (unpaired) electrons. The Balaban J connectivity index is 0.00000529. The van der Waals surface area contributed by atoms with Crippen molar-refractivity contribution >= 4 is 18.3 Å². The number of nitrogens with two attached hydrogens (primary N) is 1. The highest BCUT2D eigenvalue weighted by atomic mass is 35.5. The van der Waals surface area contributed by atoms with Gasteiger partial charge in [0.15, 0.2) is 0 Å². The number of rotatable bonds is 6. The predicted octanol–water partition coefficient (Wildman–Crippen LogP) is 1.89. The lowest BCUT2D eigenvalue weighted by Gasteiger charge is -2.38. The van der Waals surface area contributed by atoms with Crippen LogP contribution < -0.4 is 5.73 Å². The van der Waals surface area contributed by atoms with Crippen LogP contribution in [-0.2, 0) is 9.53 Å². The van der Waals surface area contributed by atoms with Crippen molar-refractivity contribution in [3.05, 3.63) is 0 Å². The summed E-state index contributed by atoms with van der Waals surface area (Å²) in [6, 6.07) is -0.523. The molecule has 1 aliphatic heterocycles. The maximum absolute atomic E-state index is 12.3. The minimum Gasteiger partial charge on any atom is -0.372 e. The van der Waals surface area contributed by atoms with E-state index >= 15 is 0 Å². The monoisotopic (exact) mass is 375 g/mol. The SMILES string of the molecule is CC(C)(C)[C@H](N)C(=O)N1CCN(CCCOCC(F)(F)F)CC1.Cl. The molecule has 0 aliphatic carbocycles. The molecular formula is C15H29ClF3N3O2. The van der Waals surface area contributed by atoms with Gasteiger partial charge in [-0.25, -0.2) is 0 Å². The molecule has 1 rings (SSSR count). The smallest absolute Gasteiger partial charge is 0.372 e. The lowest BCUT2D eigenvalue weighted by molar-refractivity contribution is -0.174. The summed E-state index contributed by atoms with van der Waals surface area (Å²) in [6.45, 7) is 8.01. The summed E-state index contributed by atoms with van der Waals surface area (Å²) in [5.74, 6) is -0.0364. The molecule has 0 saturated carbocycles. The van der Waals surface area contributed by atoms with E-state index in [0.717, 1.165) is 0 Å². The number of piperazine rings is 1. The summed E-state index contributed by atoms with van der Waals surface area (Å²) in [6.07, 6.45) is -3.72. The second-order valence-electron chi connectivity index (χ2n) is 7.03. The number of halogens is 4. The van der Waals surface area contributed by atoms with Crippen LogP contribution in [0.5, 0.6) is 0 Å². The van der Waals surface area contributed by atoms with Crippen LogP contribution in [0.4, 0.5) is 13.2 Å². The standard InChI is InChI=1S/C15H28F3N3O2.ClH/c1-14(2,3)12(19)13(22)21-8-6-20(7-9-21)5-4-10-23-11-15(16,17)18;/h12H,4-11,19H2,1-3H3;1H/t12-;/m1./s1. The van der Waals surface area contributed by atoms with Crippen molar-refractivity contribution in [2.45, 2.75) is 39.4 Å². The number of carbonyl (C=O) groups excluding carboxylic acids is 1. The van der Waals surface area contributed by atoms with E-state index in [-0.39, 0.29) is 30.3 Å². The number of alkyl halides is 3. The van der Waals surface area contributed by atoms with Crippen LogP contribution in [0.2, 0.25) is 0 Å². The summed E-state index contributed by atoms with van der Waals surface area (Å²) < 4.78 is 40.4. The number of hydrogen-bond donors (Lipinski definition) is 1. The fourth-order valence-electron chi connectivity index (χ4n) is 2.34. The normalized spacial score (nSPS) is 18.2. The maximum Gasteiger partial charge on any atom is 0.411 e. The molecule has 1 aliphatic rings. The van der Waals surface area contributed by atoms with Gasteiger partial charge in [0.05, 0.1) is 6.04 Å². The Morgan fingerprint density at radius 2 is 1.71 bits per heavy atom. The van der Waals surface area contributed by atoms with Crippen molar-refractivity contribution in [1.82, 2.24) is 9.80 Å². The largest absolute Gasteiger partial charge is 0.411 e. The topological polar surface area (TPSA) is 58.8 Å². The van der Waals surface area contributed by atoms with Gasteiger partial charge in [-0.2, -0.15) is 13.2 Å². The summed E-state index contributed by atoms with van der Waals surface area (Å²) in [4.78, 5) is 16.2. The molecule has 1 atom stereocenters. The third-order valence-electron chi connectivity index (χ3n) is 3.91. The van der Waals surface area contributed by atoms with Gasteiger partial charge < -0.3 is 15.4 Å². The average molecular weight is 376 g/mol. The Bertz CT molecular complexity index is 381. The summed E-state index contributed by atoms with van der Waals surface area (Å²) in [5, 5.41) is 0. The van der Waals surface area contributed by atoms with Crippen LogP contribution in [-0.4, -0.2) is 73.9 Å². The van der Waals surface area contributed by atoms with Gasteiger partial charge in [-0.3, -0.25) is 9.69 Å². The Hall–Kier alpha value is -0.570. The van der Waals surface area contributed by atoms with E-state index in [0.29, 0.717) is 39.1 Å². The van der Waals surface area contributed by atoms with Crippen LogP contribution in [0.15, 0.2) is 0 Å². The molecule has 0 aromatic rings. The van der Waals surface area contributed by atoms with Crippen molar-refractivity contribution in [3.8, 4) is 0 Å². The van der Waals surface area contributed by atoms with Crippen molar-refractivity contribution < 1.29 is 22.7 Å². The molecule has 1 amide bonds. The van der Waals surface area contributed by atoms with E-state index < -0.39 is 18.8 Å². The second-order valence-corrected chi connectivity index (χ2v) is 7.03. The molecular weight excluding hydrogens is 347 g/mol. The van der Waals surface area contributed by atoms with Gasteiger partial charge in [0.25, 0.3) is 0 Å². The predicted molar refractivity (Wildman–Crippen MR) is 89.2 cm³/mol. The lowest BCUT2D eigenvalue weighted by Crippen LogP contribution is -2.56. The highest BCUT2D eigenvalue weighted by Crippen LogP contribution is 2.20. The molecule has 0 spiro atoms.